The maximum Gasteiger partial charge on any atom is 0.139 e. The third kappa shape index (κ3) is 3.45. The zero-order valence-corrected chi connectivity index (χ0v) is 17.0. The third-order valence-corrected chi connectivity index (χ3v) is 5.26. The molecule has 7 heteroatoms. The van der Waals surface area contributed by atoms with Crippen molar-refractivity contribution in [3.05, 3.63) is 52.3 Å². The summed E-state index contributed by atoms with van der Waals surface area (Å²) in [6.07, 6.45) is 1.68. The van der Waals surface area contributed by atoms with Crippen LogP contribution in [0.1, 0.15) is 23.9 Å². The van der Waals surface area contributed by atoms with E-state index >= 15 is 0 Å². The van der Waals surface area contributed by atoms with E-state index in [9.17, 15) is 0 Å². The van der Waals surface area contributed by atoms with Crippen LogP contribution in [0.4, 0.5) is 5.82 Å². The predicted octanol–water partition coefficient (Wildman–Crippen LogP) is 3.99. The first-order valence-electron chi connectivity index (χ1n) is 9.27. The summed E-state index contributed by atoms with van der Waals surface area (Å²) in [5.41, 5.74) is 12.0. The van der Waals surface area contributed by atoms with E-state index in [2.05, 4.69) is 11.9 Å². The highest BCUT2D eigenvalue weighted by atomic mass is 35.5. The van der Waals surface area contributed by atoms with Crippen LogP contribution in [0, 0.1) is 6.92 Å². The highest BCUT2D eigenvalue weighted by molar-refractivity contribution is 6.32. The van der Waals surface area contributed by atoms with E-state index in [4.69, 9.17) is 31.9 Å². The highest BCUT2D eigenvalue weighted by Gasteiger charge is 2.25. The van der Waals surface area contributed by atoms with E-state index in [1.807, 2.05) is 41.9 Å². The maximum atomic E-state index is 6.22. The highest BCUT2D eigenvalue weighted by Crippen LogP contribution is 2.34. The molecule has 0 amide bonds. The van der Waals surface area contributed by atoms with E-state index in [0.29, 0.717) is 23.2 Å². The molecule has 146 valence electrons. The minimum atomic E-state index is 0.114. The molecule has 0 spiro atoms. The van der Waals surface area contributed by atoms with E-state index in [1.165, 1.54) is 5.56 Å². The van der Waals surface area contributed by atoms with Gasteiger partial charge in [0, 0.05) is 29.3 Å². The fourth-order valence-corrected chi connectivity index (χ4v) is 3.90. The molecule has 1 aliphatic rings. The van der Waals surface area contributed by atoms with Crippen LogP contribution < -0.4 is 10.5 Å². The molecule has 0 saturated heterocycles. The second kappa shape index (κ2) is 7.45. The van der Waals surface area contributed by atoms with Crippen molar-refractivity contribution in [1.29, 1.82) is 0 Å². The van der Waals surface area contributed by atoms with Gasteiger partial charge in [0.15, 0.2) is 0 Å². The molecule has 6 nitrogen and oxygen atoms in total. The van der Waals surface area contributed by atoms with Gasteiger partial charge >= 0.3 is 0 Å². The van der Waals surface area contributed by atoms with Gasteiger partial charge in [-0.3, -0.25) is 0 Å². The van der Waals surface area contributed by atoms with Gasteiger partial charge in [0.25, 0.3) is 0 Å². The Morgan fingerprint density at radius 2 is 2.11 bits per heavy atom. The smallest absolute Gasteiger partial charge is 0.139 e. The van der Waals surface area contributed by atoms with Crippen LogP contribution in [0.15, 0.2) is 30.3 Å². The first-order valence-corrected chi connectivity index (χ1v) is 9.65. The number of hydrogen-bond donors (Lipinski definition) is 1. The number of aryl methyl sites for hydroxylation is 1. The van der Waals surface area contributed by atoms with E-state index in [1.54, 1.807) is 7.11 Å². The van der Waals surface area contributed by atoms with Crippen LogP contribution in [0.25, 0.3) is 16.9 Å². The number of pyridine rings is 1. The van der Waals surface area contributed by atoms with Gasteiger partial charge in [-0.2, -0.15) is 5.10 Å². The second-order valence-corrected chi connectivity index (χ2v) is 7.47. The number of fused-ring (bicyclic) bond motifs is 1. The van der Waals surface area contributed by atoms with Crippen molar-refractivity contribution in [3.63, 3.8) is 0 Å². The van der Waals surface area contributed by atoms with Crippen molar-refractivity contribution >= 4 is 17.4 Å². The Morgan fingerprint density at radius 1 is 1.29 bits per heavy atom. The first-order chi connectivity index (χ1) is 13.5. The fraction of sp³-hybridized carbons (Fsp3) is 0.333. The lowest BCUT2D eigenvalue weighted by Crippen LogP contribution is -2.13. The normalized spacial score (nSPS) is 16.5. The predicted molar refractivity (Wildman–Crippen MR) is 110 cm³/mol. The first kappa shape index (κ1) is 18.8. The standard InChI is InChI=1S/C21H23ClN4O2/c1-12-8-14(10-20(23)24-12)21-16-6-7-28-13(2)9-18(16)26(25-21)15-4-5-17(22)19(11-15)27-3/h4-5,8,10-11,13H,6-7,9H2,1-3H3,(H2,23,24)/t13-/m1/s1. The summed E-state index contributed by atoms with van der Waals surface area (Å²) in [7, 11) is 1.61. The zero-order valence-electron chi connectivity index (χ0n) is 16.2. The third-order valence-electron chi connectivity index (χ3n) is 4.95. The van der Waals surface area contributed by atoms with E-state index in [-0.39, 0.29) is 6.10 Å². The summed E-state index contributed by atoms with van der Waals surface area (Å²) in [6.45, 7) is 4.68. The van der Waals surface area contributed by atoms with Crippen LogP contribution in [-0.2, 0) is 17.6 Å². The Labute approximate surface area is 169 Å². The number of nitrogens with zero attached hydrogens (tertiary/aromatic N) is 3. The minimum Gasteiger partial charge on any atom is -0.495 e. The number of aromatic nitrogens is 3. The number of halogens is 1. The Hall–Kier alpha value is -2.57. The molecule has 0 aliphatic carbocycles. The van der Waals surface area contributed by atoms with Gasteiger partial charge in [-0.15, -0.1) is 0 Å². The Morgan fingerprint density at radius 3 is 2.86 bits per heavy atom. The lowest BCUT2D eigenvalue weighted by Gasteiger charge is -2.12. The molecule has 4 rings (SSSR count). The van der Waals surface area contributed by atoms with Gasteiger partial charge in [-0.25, -0.2) is 9.67 Å². The van der Waals surface area contributed by atoms with Crippen LogP contribution in [0.5, 0.6) is 5.75 Å². The largest absolute Gasteiger partial charge is 0.495 e. The van der Waals surface area contributed by atoms with Crippen LogP contribution >= 0.6 is 11.6 Å². The molecule has 3 aromatic rings. The molecule has 0 unspecified atom stereocenters. The van der Waals surface area contributed by atoms with Crippen molar-refractivity contribution in [2.24, 2.45) is 0 Å². The lowest BCUT2D eigenvalue weighted by atomic mass is 10.0. The van der Waals surface area contributed by atoms with Gasteiger partial charge in [-0.1, -0.05) is 11.6 Å². The van der Waals surface area contributed by atoms with Crippen molar-refractivity contribution in [3.8, 4) is 22.7 Å². The molecule has 2 aromatic heterocycles. The lowest BCUT2D eigenvalue weighted by molar-refractivity contribution is 0.0735. The quantitative estimate of drug-likeness (QED) is 0.721. The van der Waals surface area contributed by atoms with Crippen molar-refractivity contribution in [2.45, 2.75) is 32.8 Å². The fourth-order valence-electron chi connectivity index (χ4n) is 3.71. The zero-order chi connectivity index (χ0) is 19.8. The summed E-state index contributed by atoms with van der Waals surface area (Å²) in [5.74, 6) is 1.11. The molecule has 0 saturated carbocycles. The topological polar surface area (TPSA) is 75.2 Å². The van der Waals surface area contributed by atoms with Gasteiger partial charge < -0.3 is 15.2 Å². The number of nitrogen functional groups attached to an aromatic ring is 1. The van der Waals surface area contributed by atoms with Gasteiger partial charge in [0.05, 0.1) is 41.9 Å². The van der Waals surface area contributed by atoms with Crippen LogP contribution in [0.3, 0.4) is 0 Å². The summed E-state index contributed by atoms with van der Waals surface area (Å²) in [6, 6.07) is 9.57. The Balaban J connectivity index is 1.93. The van der Waals surface area contributed by atoms with E-state index in [0.717, 1.165) is 41.2 Å². The van der Waals surface area contributed by atoms with Gasteiger partial charge in [0.1, 0.15) is 11.6 Å². The Bertz CT molecular complexity index is 1010. The second-order valence-electron chi connectivity index (χ2n) is 7.06. The summed E-state index contributed by atoms with van der Waals surface area (Å²) < 4.78 is 13.3. The average molecular weight is 399 g/mol. The van der Waals surface area contributed by atoms with Crippen LogP contribution in [-0.4, -0.2) is 34.6 Å². The maximum absolute atomic E-state index is 6.22. The SMILES string of the molecule is COc1cc(-n2nc(-c3cc(C)nc(N)c3)c3c2C[C@@H](C)OCC3)ccc1Cl. The average Bonchev–Trinajstić information content (AvgIpc) is 2.88. The van der Waals surface area contributed by atoms with Gasteiger partial charge in [0.2, 0.25) is 0 Å². The molecule has 3 heterocycles. The number of rotatable bonds is 3. The number of anilines is 1. The number of nitrogens with two attached hydrogens (primary N) is 1. The molecule has 0 bridgehead atoms. The number of benzene rings is 1. The molecule has 0 fully saturated rings. The van der Waals surface area contributed by atoms with Crippen molar-refractivity contribution in [1.82, 2.24) is 14.8 Å². The molecular formula is C21H23ClN4O2. The molecule has 1 aromatic carbocycles. The minimum absolute atomic E-state index is 0.114. The van der Waals surface area contributed by atoms with Crippen LogP contribution in [0.2, 0.25) is 5.02 Å². The molecule has 1 aliphatic heterocycles. The molecule has 28 heavy (non-hydrogen) atoms. The summed E-state index contributed by atoms with van der Waals surface area (Å²) in [5, 5.41) is 5.54. The summed E-state index contributed by atoms with van der Waals surface area (Å²) >= 11 is 6.22. The number of ether oxygens (including phenoxy) is 2. The van der Waals surface area contributed by atoms with Crippen molar-refractivity contribution in [2.75, 3.05) is 19.5 Å². The molecular weight excluding hydrogens is 376 g/mol. The van der Waals surface area contributed by atoms with Crippen molar-refractivity contribution < 1.29 is 9.47 Å². The summed E-state index contributed by atoms with van der Waals surface area (Å²) in [4.78, 5) is 4.29. The van der Waals surface area contributed by atoms with E-state index < -0.39 is 0 Å². The Kier molecular flexibility index (Phi) is 5.00. The molecule has 0 radical (unpaired) electrons. The molecule has 1 atom stereocenters. The number of hydrogen-bond acceptors (Lipinski definition) is 5. The number of methoxy groups -OCH3 is 1. The monoisotopic (exact) mass is 398 g/mol. The molecule has 2 N–H and O–H groups in total. The van der Waals surface area contributed by atoms with Gasteiger partial charge in [-0.05, 0) is 44.5 Å².